The number of anilines is 2. The van der Waals surface area contributed by atoms with Crippen molar-refractivity contribution in [3.63, 3.8) is 0 Å². The third kappa shape index (κ3) is 3.96. The lowest BCUT2D eigenvalue weighted by molar-refractivity contribution is 0.599. The fourth-order valence-electron chi connectivity index (χ4n) is 2.92. The van der Waals surface area contributed by atoms with Crippen molar-refractivity contribution in [2.45, 2.75) is 31.2 Å². The van der Waals surface area contributed by atoms with Crippen LogP contribution in [0.3, 0.4) is 0 Å². The van der Waals surface area contributed by atoms with Crippen molar-refractivity contribution in [1.29, 1.82) is 0 Å². The van der Waals surface area contributed by atoms with Crippen molar-refractivity contribution < 1.29 is 16.8 Å². The fraction of sp³-hybridized carbons (Fsp3) is 0.400. The molecule has 8 nitrogen and oxygen atoms in total. The van der Waals surface area contributed by atoms with Crippen molar-refractivity contribution in [1.82, 2.24) is 10.2 Å². The first-order valence-corrected chi connectivity index (χ1v) is 11.1. The smallest absolute Gasteiger partial charge is 0.265 e. The Morgan fingerprint density at radius 1 is 1.16 bits per heavy atom. The first-order valence-electron chi connectivity index (χ1n) is 7.78. The van der Waals surface area contributed by atoms with Gasteiger partial charge in [-0.15, -0.1) is 0 Å². The molecule has 1 atom stereocenters. The molecule has 3 N–H and O–H groups in total. The number of H-pyrrole nitrogens is 1. The second-order valence-corrected chi connectivity index (χ2v) is 10.0. The number of sulfone groups is 1. The highest BCUT2D eigenvalue weighted by atomic mass is 32.2. The Morgan fingerprint density at radius 2 is 1.80 bits per heavy atom. The van der Waals surface area contributed by atoms with Crippen LogP contribution >= 0.6 is 0 Å². The number of aryl methyl sites for hydroxylation is 2. The molecule has 25 heavy (non-hydrogen) atoms. The lowest BCUT2D eigenvalue weighted by Crippen LogP contribution is -2.20. The monoisotopic (exact) mass is 384 g/mol. The highest BCUT2D eigenvalue weighted by Gasteiger charge is 2.27. The molecular weight excluding hydrogens is 364 g/mol. The van der Waals surface area contributed by atoms with Gasteiger partial charge in [-0.2, -0.15) is 5.10 Å². The van der Waals surface area contributed by atoms with E-state index in [0.717, 1.165) is 5.69 Å². The molecule has 0 bridgehead atoms. The molecule has 1 aliphatic heterocycles. The number of rotatable bonds is 5. The third-order valence-electron chi connectivity index (χ3n) is 4.07. The van der Waals surface area contributed by atoms with Gasteiger partial charge in [-0.05, 0) is 44.5 Å². The van der Waals surface area contributed by atoms with Crippen LogP contribution in [0.4, 0.5) is 11.4 Å². The maximum Gasteiger partial charge on any atom is 0.265 e. The number of benzene rings is 1. The largest absolute Gasteiger partial charge is 0.381 e. The number of hydrogen-bond acceptors (Lipinski definition) is 6. The van der Waals surface area contributed by atoms with Gasteiger partial charge in [-0.25, -0.2) is 16.8 Å². The van der Waals surface area contributed by atoms with Crippen LogP contribution in [0.1, 0.15) is 17.8 Å². The maximum atomic E-state index is 12.5. The minimum absolute atomic E-state index is 0.108. The van der Waals surface area contributed by atoms with Crippen molar-refractivity contribution in [3.8, 4) is 0 Å². The summed E-state index contributed by atoms with van der Waals surface area (Å²) in [6, 6.07) is 6.60. The summed E-state index contributed by atoms with van der Waals surface area (Å²) in [5.74, 6) is 0.326. The molecule has 10 heteroatoms. The van der Waals surface area contributed by atoms with E-state index in [-0.39, 0.29) is 22.4 Å². The zero-order valence-electron chi connectivity index (χ0n) is 13.9. The van der Waals surface area contributed by atoms with E-state index in [4.69, 9.17) is 0 Å². The van der Waals surface area contributed by atoms with E-state index >= 15 is 0 Å². The van der Waals surface area contributed by atoms with E-state index < -0.39 is 19.9 Å². The first kappa shape index (κ1) is 17.7. The molecule has 0 saturated carbocycles. The van der Waals surface area contributed by atoms with Gasteiger partial charge in [0.05, 0.1) is 22.9 Å². The number of nitrogens with zero attached hydrogens (tertiary/aromatic N) is 1. The molecule has 1 saturated heterocycles. The predicted octanol–water partition coefficient (Wildman–Crippen LogP) is 1.43. The molecule has 2 heterocycles. The van der Waals surface area contributed by atoms with E-state index in [0.29, 0.717) is 23.5 Å². The molecule has 0 aliphatic carbocycles. The van der Waals surface area contributed by atoms with Gasteiger partial charge >= 0.3 is 0 Å². The summed E-state index contributed by atoms with van der Waals surface area (Å²) in [5, 5.41) is 9.72. The molecule has 1 aromatic heterocycles. The average Bonchev–Trinajstić information content (AvgIpc) is 3.03. The summed E-state index contributed by atoms with van der Waals surface area (Å²) in [6.07, 6.45) is 0.579. The zero-order chi connectivity index (χ0) is 18.2. The van der Waals surface area contributed by atoms with Crippen LogP contribution in [-0.4, -0.2) is 44.6 Å². The minimum atomic E-state index is -3.73. The number of nitrogens with one attached hydrogen (secondary N) is 3. The molecule has 1 aromatic carbocycles. The number of aromatic nitrogens is 2. The van der Waals surface area contributed by atoms with Crippen molar-refractivity contribution in [3.05, 3.63) is 35.7 Å². The van der Waals surface area contributed by atoms with Crippen molar-refractivity contribution in [2.75, 3.05) is 21.5 Å². The lowest BCUT2D eigenvalue weighted by atomic mass is 10.2. The number of hydrogen-bond donors (Lipinski definition) is 3. The van der Waals surface area contributed by atoms with Crippen LogP contribution < -0.4 is 10.0 Å². The highest BCUT2D eigenvalue weighted by molar-refractivity contribution is 7.92. The SMILES string of the molecule is Cc1n[nH]c(C)c1S(=O)(=O)Nc1ccc(NC2CCS(=O)(=O)C2)cc1. The Labute approximate surface area is 147 Å². The lowest BCUT2D eigenvalue weighted by Gasteiger charge is -2.13. The van der Waals surface area contributed by atoms with Crippen LogP contribution in [0, 0.1) is 13.8 Å². The molecule has 0 spiro atoms. The van der Waals surface area contributed by atoms with Gasteiger partial charge in [-0.3, -0.25) is 9.82 Å². The summed E-state index contributed by atoms with van der Waals surface area (Å²) in [6.45, 7) is 3.28. The molecular formula is C15H20N4O4S2. The van der Waals surface area contributed by atoms with Crippen LogP contribution in [0.2, 0.25) is 0 Å². The molecule has 1 unspecified atom stereocenters. The average molecular weight is 384 g/mol. The molecule has 0 radical (unpaired) electrons. The van der Waals surface area contributed by atoms with Crippen LogP contribution in [0.15, 0.2) is 29.2 Å². The number of aromatic amines is 1. The van der Waals surface area contributed by atoms with E-state index in [9.17, 15) is 16.8 Å². The Hall–Kier alpha value is -2.07. The van der Waals surface area contributed by atoms with Gasteiger partial charge in [-0.1, -0.05) is 0 Å². The molecule has 3 rings (SSSR count). The molecule has 1 aliphatic rings. The van der Waals surface area contributed by atoms with E-state index in [2.05, 4.69) is 20.2 Å². The predicted molar refractivity (Wildman–Crippen MR) is 96.0 cm³/mol. The Balaban J connectivity index is 1.71. The summed E-state index contributed by atoms with van der Waals surface area (Å²) < 4.78 is 50.5. The standard InChI is InChI=1S/C15H20N4O4S2/c1-10-15(11(2)18-17-10)25(22,23)19-13-5-3-12(4-6-13)16-14-7-8-24(20,21)9-14/h3-6,14,16,19H,7-9H2,1-2H3,(H,17,18). The quantitative estimate of drug-likeness (QED) is 0.717. The topological polar surface area (TPSA) is 121 Å². The first-order chi connectivity index (χ1) is 11.7. The highest BCUT2D eigenvalue weighted by Crippen LogP contribution is 2.23. The zero-order valence-corrected chi connectivity index (χ0v) is 15.5. The Kier molecular flexibility index (Phi) is 4.50. The van der Waals surface area contributed by atoms with Crippen LogP contribution in [-0.2, 0) is 19.9 Å². The van der Waals surface area contributed by atoms with Gasteiger partial charge in [0.25, 0.3) is 10.0 Å². The van der Waals surface area contributed by atoms with E-state index in [1.807, 2.05) is 0 Å². The van der Waals surface area contributed by atoms with Gasteiger partial charge in [0.2, 0.25) is 0 Å². The molecule has 136 valence electrons. The number of sulfonamides is 1. The molecule has 1 fully saturated rings. The second kappa shape index (κ2) is 6.34. The summed E-state index contributed by atoms with van der Waals surface area (Å²) in [4.78, 5) is 0.144. The minimum Gasteiger partial charge on any atom is -0.381 e. The van der Waals surface area contributed by atoms with Crippen molar-refractivity contribution >= 4 is 31.2 Å². The van der Waals surface area contributed by atoms with Gasteiger partial charge in [0.15, 0.2) is 9.84 Å². The van der Waals surface area contributed by atoms with E-state index in [1.165, 1.54) is 0 Å². The van der Waals surface area contributed by atoms with Crippen LogP contribution in [0.25, 0.3) is 0 Å². The van der Waals surface area contributed by atoms with Gasteiger partial charge in [0.1, 0.15) is 4.90 Å². The van der Waals surface area contributed by atoms with Crippen LogP contribution in [0.5, 0.6) is 0 Å². The Bertz CT molecular complexity index is 960. The Morgan fingerprint density at radius 3 is 2.32 bits per heavy atom. The molecule has 0 amide bonds. The summed E-state index contributed by atoms with van der Waals surface area (Å²) in [5.41, 5.74) is 2.06. The van der Waals surface area contributed by atoms with Crippen molar-refractivity contribution in [2.24, 2.45) is 0 Å². The maximum absolute atomic E-state index is 12.5. The summed E-state index contributed by atoms with van der Waals surface area (Å²) in [7, 11) is -6.67. The summed E-state index contributed by atoms with van der Waals surface area (Å²) >= 11 is 0. The van der Waals surface area contributed by atoms with Gasteiger partial charge < -0.3 is 5.32 Å². The fourth-order valence-corrected chi connectivity index (χ4v) is 6.03. The normalized spacial score (nSPS) is 19.7. The molecule has 2 aromatic rings. The second-order valence-electron chi connectivity index (χ2n) is 6.19. The van der Waals surface area contributed by atoms with Gasteiger partial charge in [0, 0.05) is 17.4 Å². The third-order valence-corrected chi connectivity index (χ3v) is 7.48. The van der Waals surface area contributed by atoms with E-state index in [1.54, 1.807) is 38.1 Å².